The average molecular weight is 327 g/mol. The second kappa shape index (κ2) is 6.30. The number of benzene rings is 1. The van der Waals surface area contributed by atoms with Crippen LogP contribution in [0.25, 0.3) is 11.0 Å². The Bertz CT molecular complexity index is 907. The first-order valence-electron chi connectivity index (χ1n) is 7.70. The first kappa shape index (κ1) is 16.0. The zero-order valence-electron chi connectivity index (χ0n) is 14.0. The van der Waals surface area contributed by atoms with Crippen LogP contribution in [-0.2, 0) is 13.1 Å². The molecule has 0 spiro atoms. The SMILES string of the molecule is Cc1ccsc1CN(C)Cc1cc(=O)oc2c(C)c(C)ccc12. The van der Waals surface area contributed by atoms with E-state index in [-0.39, 0.29) is 5.63 Å². The fraction of sp³-hybridized carbons (Fsp3) is 0.316. The molecule has 3 rings (SSSR count). The van der Waals surface area contributed by atoms with Gasteiger partial charge in [0.15, 0.2) is 0 Å². The Balaban J connectivity index is 1.95. The predicted molar refractivity (Wildman–Crippen MR) is 96.2 cm³/mol. The van der Waals surface area contributed by atoms with E-state index in [9.17, 15) is 4.79 Å². The lowest BCUT2D eigenvalue weighted by Crippen LogP contribution is -2.18. The van der Waals surface area contributed by atoms with Crippen molar-refractivity contribution < 1.29 is 4.42 Å². The van der Waals surface area contributed by atoms with Crippen LogP contribution in [0.15, 0.2) is 38.9 Å². The van der Waals surface area contributed by atoms with Gasteiger partial charge in [-0.05, 0) is 61.5 Å². The monoisotopic (exact) mass is 327 g/mol. The minimum atomic E-state index is -0.276. The van der Waals surface area contributed by atoms with Gasteiger partial charge >= 0.3 is 5.63 Å². The van der Waals surface area contributed by atoms with Gasteiger partial charge in [0, 0.05) is 29.4 Å². The van der Waals surface area contributed by atoms with E-state index in [0.29, 0.717) is 5.58 Å². The highest BCUT2D eigenvalue weighted by atomic mass is 32.1. The van der Waals surface area contributed by atoms with Crippen LogP contribution in [0.3, 0.4) is 0 Å². The summed E-state index contributed by atoms with van der Waals surface area (Å²) in [5.74, 6) is 0. The molecule has 0 saturated carbocycles. The summed E-state index contributed by atoms with van der Waals surface area (Å²) in [6.45, 7) is 7.78. The molecule has 3 aromatic rings. The van der Waals surface area contributed by atoms with Crippen LogP contribution in [0.4, 0.5) is 0 Å². The lowest BCUT2D eigenvalue weighted by atomic mass is 10.0. The summed E-state index contributed by atoms with van der Waals surface area (Å²) >= 11 is 1.78. The molecule has 0 bridgehead atoms. The third kappa shape index (κ3) is 3.23. The molecule has 2 aromatic heterocycles. The Morgan fingerprint density at radius 2 is 1.87 bits per heavy atom. The van der Waals surface area contributed by atoms with Gasteiger partial charge < -0.3 is 4.42 Å². The fourth-order valence-corrected chi connectivity index (χ4v) is 3.80. The highest BCUT2D eigenvalue weighted by molar-refractivity contribution is 7.10. The van der Waals surface area contributed by atoms with E-state index in [1.807, 2.05) is 13.8 Å². The molecule has 0 aliphatic heterocycles. The highest BCUT2D eigenvalue weighted by Gasteiger charge is 2.12. The van der Waals surface area contributed by atoms with Gasteiger partial charge in [0.2, 0.25) is 0 Å². The molecule has 2 heterocycles. The molecule has 120 valence electrons. The molecular weight excluding hydrogens is 306 g/mol. The molecule has 1 aromatic carbocycles. The van der Waals surface area contributed by atoms with Gasteiger partial charge in [-0.1, -0.05) is 12.1 Å². The van der Waals surface area contributed by atoms with Gasteiger partial charge in [-0.3, -0.25) is 4.90 Å². The molecule has 0 saturated heterocycles. The summed E-state index contributed by atoms with van der Waals surface area (Å²) in [6, 6.07) is 7.91. The number of fused-ring (bicyclic) bond motifs is 1. The minimum Gasteiger partial charge on any atom is -0.422 e. The van der Waals surface area contributed by atoms with Gasteiger partial charge in [-0.2, -0.15) is 0 Å². The Morgan fingerprint density at radius 3 is 2.57 bits per heavy atom. The molecular formula is C19H21NO2S. The predicted octanol–water partition coefficient (Wildman–Crippen LogP) is 4.41. The van der Waals surface area contributed by atoms with Crippen molar-refractivity contribution in [1.29, 1.82) is 0 Å². The molecule has 0 radical (unpaired) electrons. The highest BCUT2D eigenvalue weighted by Crippen LogP contribution is 2.25. The van der Waals surface area contributed by atoms with Crippen LogP contribution in [0.1, 0.15) is 27.1 Å². The molecule has 0 N–H and O–H groups in total. The zero-order chi connectivity index (χ0) is 16.6. The smallest absolute Gasteiger partial charge is 0.336 e. The summed E-state index contributed by atoms with van der Waals surface area (Å²) < 4.78 is 5.45. The number of rotatable bonds is 4. The van der Waals surface area contributed by atoms with Crippen LogP contribution >= 0.6 is 11.3 Å². The standard InChI is InChI=1S/C19H21NO2S/c1-12-5-6-16-15(9-18(21)22-19(16)14(12)3)10-20(4)11-17-13(2)7-8-23-17/h5-9H,10-11H2,1-4H3. The normalized spacial score (nSPS) is 11.5. The lowest BCUT2D eigenvalue weighted by Gasteiger charge is -2.18. The van der Waals surface area contributed by atoms with E-state index in [1.54, 1.807) is 17.4 Å². The number of hydrogen-bond acceptors (Lipinski definition) is 4. The molecule has 4 heteroatoms. The van der Waals surface area contributed by atoms with Crippen molar-refractivity contribution >= 4 is 22.3 Å². The van der Waals surface area contributed by atoms with Crippen LogP contribution < -0.4 is 5.63 Å². The minimum absolute atomic E-state index is 0.276. The largest absolute Gasteiger partial charge is 0.422 e. The van der Waals surface area contributed by atoms with E-state index in [0.717, 1.165) is 35.2 Å². The van der Waals surface area contributed by atoms with E-state index in [1.165, 1.54) is 10.4 Å². The Kier molecular flexibility index (Phi) is 4.37. The quantitative estimate of drug-likeness (QED) is 0.666. The number of hydrogen-bond donors (Lipinski definition) is 0. The molecule has 3 nitrogen and oxygen atoms in total. The van der Waals surface area contributed by atoms with E-state index in [4.69, 9.17) is 4.42 Å². The Morgan fingerprint density at radius 1 is 1.09 bits per heavy atom. The second-order valence-electron chi connectivity index (χ2n) is 6.17. The number of aryl methyl sites for hydroxylation is 3. The summed E-state index contributed by atoms with van der Waals surface area (Å²) in [7, 11) is 2.08. The number of nitrogens with zero attached hydrogens (tertiary/aromatic N) is 1. The maximum atomic E-state index is 11.9. The molecule has 0 aliphatic carbocycles. The van der Waals surface area contributed by atoms with Crippen LogP contribution in [0.5, 0.6) is 0 Å². The third-order valence-corrected chi connectivity index (χ3v) is 5.35. The first-order chi connectivity index (χ1) is 11.0. The summed E-state index contributed by atoms with van der Waals surface area (Å²) in [4.78, 5) is 15.5. The average Bonchev–Trinajstić information content (AvgIpc) is 2.88. The summed E-state index contributed by atoms with van der Waals surface area (Å²) in [5, 5.41) is 3.15. The van der Waals surface area contributed by atoms with Gasteiger partial charge in [-0.15, -0.1) is 11.3 Å². The van der Waals surface area contributed by atoms with Gasteiger partial charge in [0.25, 0.3) is 0 Å². The van der Waals surface area contributed by atoms with E-state index >= 15 is 0 Å². The Labute approximate surface area is 140 Å². The maximum Gasteiger partial charge on any atom is 0.336 e. The molecule has 23 heavy (non-hydrogen) atoms. The Hall–Kier alpha value is -1.91. The van der Waals surface area contributed by atoms with Crippen LogP contribution in [-0.4, -0.2) is 11.9 Å². The fourth-order valence-electron chi connectivity index (χ4n) is 2.81. The van der Waals surface area contributed by atoms with Gasteiger partial charge in [0.05, 0.1) is 0 Å². The van der Waals surface area contributed by atoms with Crippen molar-refractivity contribution in [3.63, 3.8) is 0 Å². The second-order valence-corrected chi connectivity index (χ2v) is 7.17. The maximum absolute atomic E-state index is 11.9. The van der Waals surface area contributed by atoms with Crippen LogP contribution in [0.2, 0.25) is 0 Å². The topological polar surface area (TPSA) is 33.5 Å². The van der Waals surface area contributed by atoms with Gasteiger partial charge in [-0.25, -0.2) is 4.79 Å². The lowest BCUT2D eigenvalue weighted by molar-refractivity contribution is 0.321. The molecule has 0 fully saturated rings. The van der Waals surface area contributed by atoms with Crippen molar-refractivity contribution in [2.45, 2.75) is 33.9 Å². The molecule has 0 unspecified atom stereocenters. The molecule has 0 amide bonds. The summed E-state index contributed by atoms with van der Waals surface area (Å²) in [5.41, 5.74) is 4.97. The van der Waals surface area contributed by atoms with E-state index < -0.39 is 0 Å². The third-order valence-electron chi connectivity index (χ3n) is 4.34. The first-order valence-corrected chi connectivity index (χ1v) is 8.58. The van der Waals surface area contributed by atoms with Crippen molar-refractivity contribution in [2.24, 2.45) is 0 Å². The van der Waals surface area contributed by atoms with Crippen molar-refractivity contribution in [3.8, 4) is 0 Å². The van der Waals surface area contributed by atoms with Crippen molar-refractivity contribution in [2.75, 3.05) is 7.05 Å². The molecule has 0 aliphatic rings. The zero-order valence-corrected chi connectivity index (χ0v) is 14.8. The molecule has 0 atom stereocenters. The van der Waals surface area contributed by atoms with E-state index in [2.05, 4.69) is 42.5 Å². The summed E-state index contributed by atoms with van der Waals surface area (Å²) in [6.07, 6.45) is 0. The van der Waals surface area contributed by atoms with Crippen molar-refractivity contribution in [3.05, 3.63) is 67.2 Å². The van der Waals surface area contributed by atoms with Crippen LogP contribution in [0, 0.1) is 20.8 Å². The van der Waals surface area contributed by atoms with Crippen molar-refractivity contribution in [1.82, 2.24) is 4.90 Å². The number of thiophene rings is 1. The van der Waals surface area contributed by atoms with Gasteiger partial charge in [0.1, 0.15) is 5.58 Å².